The van der Waals surface area contributed by atoms with Gasteiger partial charge in [0.2, 0.25) is 11.8 Å². The number of rotatable bonds is 12. The second-order valence-corrected chi connectivity index (χ2v) is 8.06. The maximum Gasteiger partial charge on any atom is 0.244 e. The summed E-state index contributed by atoms with van der Waals surface area (Å²) in [6.45, 7) is -0.239. The summed E-state index contributed by atoms with van der Waals surface area (Å²) >= 11 is 0. The van der Waals surface area contributed by atoms with Crippen LogP contribution in [0.3, 0.4) is 0 Å². The predicted octanol–water partition coefficient (Wildman–Crippen LogP) is 2.63. The van der Waals surface area contributed by atoms with Gasteiger partial charge < -0.3 is 15.4 Å². The number of amides is 2. The van der Waals surface area contributed by atoms with Gasteiger partial charge in [0.15, 0.2) is 0 Å². The minimum atomic E-state index is -0.614. The Labute approximate surface area is 193 Å². The maximum absolute atomic E-state index is 12.8. The van der Waals surface area contributed by atoms with Crippen molar-refractivity contribution in [3.8, 4) is 11.1 Å². The number of hydroxylamine groups is 1. The quantitative estimate of drug-likeness (QED) is 0.214. The van der Waals surface area contributed by atoms with Gasteiger partial charge in [-0.05, 0) is 36.0 Å². The van der Waals surface area contributed by atoms with E-state index >= 15 is 0 Å². The highest BCUT2D eigenvalue weighted by Crippen LogP contribution is 2.21. The molecule has 0 saturated heterocycles. The van der Waals surface area contributed by atoms with Crippen LogP contribution < -0.4 is 10.8 Å². The molecule has 1 heterocycles. The van der Waals surface area contributed by atoms with Gasteiger partial charge in [0.25, 0.3) is 0 Å². The fourth-order valence-corrected chi connectivity index (χ4v) is 3.78. The predicted molar refractivity (Wildman–Crippen MR) is 124 cm³/mol. The molecule has 8 nitrogen and oxygen atoms in total. The number of aromatic nitrogens is 2. The summed E-state index contributed by atoms with van der Waals surface area (Å²) < 4.78 is 0. The number of H-pyrrole nitrogens is 1. The number of aryl methyl sites for hydroxylation is 1. The molecule has 0 aliphatic rings. The van der Waals surface area contributed by atoms with E-state index in [0.717, 1.165) is 28.8 Å². The first-order valence-electron chi connectivity index (χ1n) is 11.0. The van der Waals surface area contributed by atoms with Crippen LogP contribution >= 0.6 is 0 Å². The summed E-state index contributed by atoms with van der Waals surface area (Å²) in [4.78, 5) is 31.4. The van der Waals surface area contributed by atoms with Gasteiger partial charge in [-0.15, -0.1) is 0 Å². The minimum Gasteiger partial charge on any atom is -0.394 e. The molecule has 1 unspecified atom stereocenters. The van der Waals surface area contributed by atoms with Crippen molar-refractivity contribution in [3.63, 3.8) is 0 Å². The SMILES string of the molecule is O=C(C[C@@H](CCCc1ccc(-c2ccccc2)cc1)C(=O)NC(CO)Cc1cnc[nH]1)NO. The van der Waals surface area contributed by atoms with E-state index in [1.807, 2.05) is 18.2 Å². The van der Waals surface area contributed by atoms with E-state index in [1.54, 1.807) is 11.7 Å². The molecule has 0 radical (unpaired) electrons. The number of aliphatic hydroxyl groups excluding tert-OH is 1. The molecule has 2 atom stereocenters. The molecule has 2 amide bonds. The van der Waals surface area contributed by atoms with Gasteiger partial charge >= 0.3 is 0 Å². The molecule has 174 valence electrons. The fraction of sp³-hybridized carbons (Fsp3) is 0.320. The Balaban J connectivity index is 1.55. The van der Waals surface area contributed by atoms with E-state index in [2.05, 4.69) is 51.7 Å². The number of nitrogens with zero attached hydrogens (tertiary/aromatic N) is 1. The molecule has 0 saturated carbocycles. The van der Waals surface area contributed by atoms with Crippen molar-refractivity contribution in [1.29, 1.82) is 0 Å². The Kier molecular flexibility index (Phi) is 9.17. The topological polar surface area (TPSA) is 127 Å². The van der Waals surface area contributed by atoms with Crippen LogP contribution in [0.5, 0.6) is 0 Å². The molecule has 0 bridgehead atoms. The van der Waals surface area contributed by atoms with Gasteiger partial charge in [0.1, 0.15) is 0 Å². The normalized spacial score (nSPS) is 12.7. The Morgan fingerprint density at radius 1 is 1.03 bits per heavy atom. The van der Waals surface area contributed by atoms with Crippen molar-refractivity contribution in [1.82, 2.24) is 20.8 Å². The minimum absolute atomic E-state index is 0.127. The summed E-state index contributed by atoms with van der Waals surface area (Å²) in [6.07, 6.45) is 5.37. The Hall–Kier alpha value is -3.49. The van der Waals surface area contributed by atoms with Gasteiger partial charge in [0.05, 0.1) is 19.0 Å². The lowest BCUT2D eigenvalue weighted by Crippen LogP contribution is -2.43. The molecule has 2 aromatic carbocycles. The number of benzene rings is 2. The first-order valence-corrected chi connectivity index (χ1v) is 11.0. The van der Waals surface area contributed by atoms with Crippen LogP contribution in [-0.4, -0.2) is 44.7 Å². The van der Waals surface area contributed by atoms with Gasteiger partial charge in [-0.3, -0.25) is 14.8 Å². The highest BCUT2D eigenvalue weighted by molar-refractivity contribution is 5.85. The van der Waals surface area contributed by atoms with Crippen LogP contribution in [0.2, 0.25) is 0 Å². The number of nitrogens with one attached hydrogen (secondary N) is 3. The molecule has 0 spiro atoms. The number of carbonyl (C=O) groups is 2. The zero-order valence-electron chi connectivity index (χ0n) is 18.4. The first kappa shape index (κ1) is 24.2. The third-order valence-corrected chi connectivity index (χ3v) is 5.59. The number of hydrogen-bond acceptors (Lipinski definition) is 5. The third-order valence-electron chi connectivity index (χ3n) is 5.59. The molecular formula is C25H30N4O4. The second-order valence-electron chi connectivity index (χ2n) is 8.06. The molecular weight excluding hydrogens is 420 g/mol. The van der Waals surface area contributed by atoms with E-state index in [1.165, 1.54) is 6.33 Å². The number of aliphatic hydroxyl groups is 1. The molecule has 0 aliphatic carbocycles. The fourth-order valence-electron chi connectivity index (χ4n) is 3.78. The summed E-state index contributed by atoms with van der Waals surface area (Å²) in [7, 11) is 0. The number of aromatic amines is 1. The van der Waals surface area contributed by atoms with E-state index in [-0.39, 0.29) is 18.9 Å². The number of imidazole rings is 1. The smallest absolute Gasteiger partial charge is 0.244 e. The molecule has 33 heavy (non-hydrogen) atoms. The zero-order chi connectivity index (χ0) is 23.5. The Morgan fingerprint density at radius 2 is 1.76 bits per heavy atom. The molecule has 3 rings (SSSR count). The summed E-state index contributed by atoms with van der Waals surface area (Å²) in [5.41, 5.74) is 5.84. The zero-order valence-corrected chi connectivity index (χ0v) is 18.4. The lowest BCUT2D eigenvalue weighted by Gasteiger charge is -2.21. The van der Waals surface area contributed by atoms with Crippen molar-refractivity contribution < 1.29 is 19.9 Å². The van der Waals surface area contributed by atoms with Crippen LogP contribution in [0.15, 0.2) is 67.1 Å². The number of carbonyl (C=O) groups excluding carboxylic acids is 2. The maximum atomic E-state index is 12.8. The average Bonchev–Trinajstić information content (AvgIpc) is 3.37. The Morgan fingerprint density at radius 3 is 2.39 bits per heavy atom. The summed E-state index contributed by atoms with van der Waals surface area (Å²) in [5, 5.41) is 21.4. The highest BCUT2D eigenvalue weighted by atomic mass is 16.5. The average molecular weight is 451 g/mol. The van der Waals surface area contributed by atoms with Gasteiger partial charge in [-0.2, -0.15) is 0 Å². The van der Waals surface area contributed by atoms with Crippen LogP contribution in [0, 0.1) is 5.92 Å². The van der Waals surface area contributed by atoms with Crippen LogP contribution in [0.4, 0.5) is 0 Å². The largest absolute Gasteiger partial charge is 0.394 e. The summed E-state index contributed by atoms with van der Waals surface area (Å²) in [6, 6.07) is 17.9. The summed E-state index contributed by atoms with van der Waals surface area (Å²) in [5.74, 6) is -1.55. The van der Waals surface area contributed by atoms with E-state index in [4.69, 9.17) is 5.21 Å². The lowest BCUT2D eigenvalue weighted by molar-refractivity contribution is -0.135. The van der Waals surface area contributed by atoms with E-state index in [0.29, 0.717) is 19.3 Å². The molecule has 8 heteroatoms. The van der Waals surface area contributed by atoms with E-state index < -0.39 is 17.9 Å². The number of hydrogen-bond donors (Lipinski definition) is 5. The van der Waals surface area contributed by atoms with Gasteiger partial charge in [-0.25, -0.2) is 10.5 Å². The molecule has 0 fully saturated rings. The molecule has 0 aliphatic heterocycles. The van der Waals surface area contributed by atoms with Gasteiger partial charge in [0, 0.05) is 30.7 Å². The van der Waals surface area contributed by atoms with Crippen LogP contribution in [-0.2, 0) is 22.4 Å². The highest BCUT2D eigenvalue weighted by Gasteiger charge is 2.24. The standard InChI is InChI=1S/C25H30N4O4/c30-16-23(14-22-15-26-17-27-22)28-25(32)21(13-24(31)29-33)8-4-5-18-9-11-20(12-10-18)19-6-2-1-3-7-19/h1-3,6-7,9-12,15,17,21,23,30,33H,4-5,8,13-14,16H2,(H,26,27)(H,28,32)(H,29,31)/t21-,23?/m1/s1. The van der Waals surface area contributed by atoms with Crippen molar-refractivity contribution in [2.45, 2.75) is 38.1 Å². The lowest BCUT2D eigenvalue weighted by atomic mass is 9.94. The molecule has 1 aromatic heterocycles. The van der Waals surface area contributed by atoms with Crippen molar-refractivity contribution >= 4 is 11.8 Å². The van der Waals surface area contributed by atoms with Gasteiger partial charge in [-0.1, -0.05) is 54.6 Å². The van der Waals surface area contributed by atoms with Crippen molar-refractivity contribution in [3.05, 3.63) is 78.4 Å². The monoisotopic (exact) mass is 450 g/mol. The molecule has 3 aromatic rings. The van der Waals surface area contributed by atoms with Crippen molar-refractivity contribution in [2.75, 3.05) is 6.61 Å². The van der Waals surface area contributed by atoms with E-state index in [9.17, 15) is 14.7 Å². The van der Waals surface area contributed by atoms with Crippen LogP contribution in [0.25, 0.3) is 11.1 Å². The van der Waals surface area contributed by atoms with Crippen LogP contribution in [0.1, 0.15) is 30.5 Å². The van der Waals surface area contributed by atoms with Crippen molar-refractivity contribution in [2.24, 2.45) is 5.92 Å². The molecule has 5 N–H and O–H groups in total. The Bertz CT molecular complexity index is 991. The second kappa shape index (κ2) is 12.5. The third kappa shape index (κ3) is 7.55. The first-order chi connectivity index (χ1) is 16.1.